The van der Waals surface area contributed by atoms with Gasteiger partial charge in [0.1, 0.15) is 5.75 Å². The van der Waals surface area contributed by atoms with E-state index in [1.54, 1.807) is 12.1 Å². The summed E-state index contributed by atoms with van der Waals surface area (Å²) >= 11 is 4.83. The Balaban J connectivity index is 1.71. The van der Waals surface area contributed by atoms with E-state index in [1.165, 1.54) is 11.3 Å². The van der Waals surface area contributed by atoms with E-state index in [-0.39, 0.29) is 5.41 Å². The van der Waals surface area contributed by atoms with Crippen LogP contribution in [-0.4, -0.2) is 11.1 Å². The number of para-hydroxylation sites is 1. The van der Waals surface area contributed by atoms with Crippen LogP contribution in [-0.2, 0) is 5.41 Å². The van der Waals surface area contributed by atoms with Gasteiger partial charge in [0.15, 0.2) is 5.13 Å². The third-order valence-electron chi connectivity index (χ3n) is 3.87. The normalized spacial score (nSPS) is 11.2. The van der Waals surface area contributed by atoms with Gasteiger partial charge in [0.2, 0.25) is 0 Å². The molecule has 0 saturated heterocycles. The molecule has 0 saturated carbocycles. The number of anilines is 1. The minimum atomic E-state index is -0.548. The second-order valence-electron chi connectivity index (χ2n) is 6.00. The van der Waals surface area contributed by atoms with Gasteiger partial charge < -0.3 is 4.74 Å². The lowest BCUT2D eigenvalue weighted by Gasteiger charge is -2.23. The molecule has 1 heterocycles. The minimum Gasteiger partial charge on any atom is -0.410 e. The maximum atomic E-state index is 12.0. The zero-order chi connectivity index (χ0) is 17.9. The molecule has 1 N–H and O–H groups in total. The number of carbonyl (C=O) groups is 1. The highest BCUT2D eigenvalue weighted by molar-refractivity contribution is 9.10. The number of carbonyl (C=O) groups excluding carboxylic acids is 1. The molecule has 1 amide bonds. The fourth-order valence-electron chi connectivity index (χ4n) is 2.34. The SMILES string of the molecule is CC(C)(c1ccc(Br)cc1)c1csc(NC(=O)Oc2ccccc2)n1. The Kier molecular flexibility index (Phi) is 5.20. The summed E-state index contributed by atoms with van der Waals surface area (Å²) in [4.78, 5) is 16.5. The van der Waals surface area contributed by atoms with Crippen molar-refractivity contribution in [2.45, 2.75) is 19.3 Å². The molecule has 1 aromatic heterocycles. The highest BCUT2D eigenvalue weighted by atomic mass is 79.9. The average Bonchev–Trinajstić information content (AvgIpc) is 3.05. The molecule has 0 aliphatic carbocycles. The van der Waals surface area contributed by atoms with Gasteiger partial charge in [-0.05, 0) is 29.8 Å². The van der Waals surface area contributed by atoms with Gasteiger partial charge in [-0.2, -0.15) is 0 Å². The number of thiazole rings is 1. The van der Waals surface area contributed by atoms with Gasteiger partial charge in [-0.3, -0.25) is 5.32 Å². The molecule has 0 radical (unpaired) electrons. The lowest BCUT2D eigenvalue weighted by atomic mass is 9.82. The smallest absolute Gasteiger partial charge is 0.410 e. The van der Waals surface area contributed by atoms with E-state index in [4.69, 9.17) is 4.74 Å². The number of rotatable bonds is 4. The molecule has 3 rings (SSSR count). The van der Waals surface area contributed by atoms with Crippen molar-refractivity contribution in [2.75, 3.05) is 5.32 Å². The van der Waals surface area contributed by atoms with Crippen LogP contribution in [0.1, 0.15) is 25.1 Å². The van der Waals surface area contributed by atoms with E-state index in [2.05, 4.69) is 52.2 Å². The summed E-state index contributed by atoms with van der Waals surface area (Å²) in [5, 5.41) is 5.16. The Morgan fingerprint density at radius 3 is 2.48 bits per heavy atom. The Bertz CT molecular complexity index is 861. The Morgan fingerprint density at radius 1 is 1.12 bits per heavy atom. The van der Waals surface area contributed by atoms with Crippen LogP contribution in [0.5, 0.6) is 5.75 Å². The lowest BCUT2D eigenvalue weighted by Crippen LogP contribution is -2.20. The summed E-state index contributed by atoms with van der Waals surface area (Å²) < 4.78 is 6.26. The molecule has 0 aliphatic rings. The van der Waals surface area contributed by atoms with Crippen molar-refractivity contribution in [1.82, 2.24) is 4.98 Å². The van der Waals surface area contributed by atoms with Crippen molar-refractivity contribution in [3.8, 4) is 5.75 Å². The molecule has 0 unspecified atom stereocenters. The van der Waals surface area contributed by atoms with Crippen molar-refractivity contribution in [3.05, 3.63) is 75.7 Å². The van der Waals surface area contributed by atoms with E-state index in [0.29, 0.717) is 10.9 Å². The van der Waals surface area contributed by atoms with Crippen LogP contribution in [0.25, 0.3) is 0 Å². The molecular weight excluding hydrogens is 400 g/mol. The van der Waals surface area contributed by atoms with Gasteiger partial charge in [0.25, 0.3) is 0 Å². The topological polar surface area (TPSA) is 51.2 Å². The predicted molar refractivity (Wildman–Crippen MR) is 104 cm³/mol. The van der Waals surface area contributed by atoms with Crippen molar-refractivity contribution < 1.29 is 9.53 Å². The Labute approximate surface area is 159 Å². The first kappa shape index (κ1) is 17.6. The zero-order valence-corrected chi connectivity index (χ0v) is 16.2. The minimum absolute atomic E-state index is 0.263. The summed E-state index contributed by atoms with van der Waals surface area (Å²) in [6.07, 6.45) is -0.548. The summed E-state index contributed by atoms with van der Waals surface area (Å²) in [7, 11) is 0. The maximum absolute atomic E-state index is 12.0. The van der Waals surface area contributed by atoms with Gasteiger partial charge in [-0.25, -0.2) is 9.78 Å². The fourth-order valence-corrected chi connectivity index (χ4v) is 3.47. The number of halogens is 1. The van der Waals surface area contributed by atoms with Crippen LogP contribution in [0.4, 0.5) is 9.93 Å². The monoisotopic (exact) mass is 416 g/mol. The third-order valence-corrected chi connectivity index (χ3v) is 5.16. The maximum Gasteiger partial charge on any atom is 0.418 e. The summed E-state index contributed by atoms with van der Waals surface area (Å²) in [6.45, 7) is 4.22. The molecule has 0 aliphatic heterocycles. The van der Waals surface area contributed by atoms with Crippen LogP contribution in [0.3, 0.4) is 0 Å². The number of nitrogens with one attached hydrogen (secondary N) is 1. The first-order chi connectivity index (χ1) is 11.9. The van der Waals surface area contributed by atoms with E-state index < -0.39 is 6.09 Å². The number of nitrogens with zero attached hydrogens (tertiary/aromatic N) is 1. The van der Waals surface area contributed by atoms with Gasteiger partial charge >= 0.3 is 6.09 Å². The highest BCUT2D eigenvalue weighted by Crippen LogP contribution is 2.34. The number of hydrogen-bond donors (Lipinski definition) is 1. The van der Waals surface area contributed by atoms with Crippen molar-refractivity contribution >= 4 is 38.5 Å². The standard InChI is InChI=1S/C19H17BrN2O2S/c1-19(2,13-8-10-14(20)11-9-13)16-12-25-17(21-16)22-18(23)24-15-6-4-3-5-7-15/h3-12H,1-2H3,(H,21,22,23). The Morgan fingerprint density at radius 2 is 1.80 bits per heavy atom. The first-order valence-corrected chi connectivity index (χ1v) is 9.38. The quantitative estimate of drug-likeness (QED) is 0.580. The summed E-state index contributed by atoms with van der Waals surface area (Å²) in [6, 6.07) is 17.1. The van der Waals surface area contributed by atoms with Crippen LogP contribution < -0.4 is 10.1 Å². The van der Waals surface area contributed by atoms with Gasteiger partial charge in [-0.15, -0.1) is 11.3 Å². The largest absolute Gasteiger partial charge is 0.418 e. The van der Waals surface area contributed by atoms with Crippen LogP contribution >= 0.6 is 27.3 Å². The summed E-state index contributed by atoms with van der Waals surface area (Å²) in [5.74, 6) is 0.493. The molecule has 128 valence electrons. The highest BCUT2D eigenvalue weighted by Gasteiger charge is 2.26. The molecule has 3 aromatic rings. The summed E-state index contributed by atoms with van der Waals surface area (Å²) in [5.41, 5.74) is 1.79. The molecular formula is C19H17BrN2O2S. The van der Waals surface area contributed by atoms with Crippen LogP contribution in [0, 0.1) is 0 Å². The van der Waals surface area contributed by atoms with Crippen LogP contribution in [0.2, 0.25) is 0 Å². The van der Waals surface area contributed by atoms with E-state index >= 15 is 0 Å². The number of amides is 1. The first-order valence-electron chi connectivity index (χ1n) is 7.71. The molecule has 25 heavy (non-hydrogen) atoms. The number of benzene rings is 2. The predicted octanol–water partition coefficient (Wildman–Crippen LogP) is 5.84. The Hall–Kier alpha value is -2.18. The molecule has 0 spiro atoms. The number of hydrogen-bond acceptors (Lipinski definition) is 4. The average molecular weight is 417 g/mol. The van der Waals surface area contributed by atoms with Gasteiger partial charge in [0, 0.05) is 15.3 Å². The van der Waals surface area contributed by atoms with Crippen LogP contribution in [0.15, 0.2) is 64.5 Å². The second-order valence-corrected chi connectivity index (χ2v) is 7.77. The third kappa shape index (κ3) is 4.27. The molecule has 0 fully saturated rings. The molecule has 4 nitrogen and oxygen atoms in total. The van der Waals surface area contributed by atoms with E-state index in [1.807, 2.05) is 35.7 Å². The van der Waals surface area contributed by atoms with E-state index in [9.17, 15) is 4.79 Å². The second kappa shape index (κ2) is 7.37. The van der Waals surface area contributed by atoms with Gasteiger partial charge in [-0.1, -0.05) is 60.1 Å². The molecule has 0 bridgehead atoms. The molecule has 6 heteroatoms. The molecule has 0 atom stereocenters. The number of aromatic nitrogens is 1. The number of ether oxygens (including phenoxy) is 1. The van der Waals surface area contributed by atoms with Crippen molar-refractivity contribution in [1.29, 1.82) is 0 Å². The van der Waals surface area contributed by atoms with Gasteiger partial charge in [0.05, 0.1) is 5.69 Å². The fraction of sp³-hybridized carbons (Fsp3) is 0.158. The lowest BCUT2D eigenvalue weighted by molar-refractivity contribution is 0.215. The van der Waals surface area contributed by atoms with E-state index in [0.717, 1.165) is 15.7 Å². The van der Waals surface area contributed by atoms with Crippen molar-refractivity contribution in [3.63, 3.8) is 0 Å². The molecule has 2 aromatic carbocycles. The van der Waals surface area contributed by atoms with Crippen molar-refractivity contribution in [2.24, 2.45) is 0 Å². The zero-order valence-electron chi connectivity index (χ0n) is 13.8.